The van der Waals surface area contributed by atoms with Gasteiger partial charge in [0.1, 0.15) is 5.82 Å². The van der Waals surface area contributed by atoms with E-state index in [2.05, 4.69) is 20.3 Å². The molecule has 3 unspecified atom stereocenters. The molecule has 3 atom stereocenters. The van der Waals surface area contributed by atoms with Crippen molar-refractivity contribution in [1.82, 2.24) is 9.97 Å². The number of carbonyl (C=O) groups is 2. The first kappa shape index (κ1) is 20.2. The van der Waals surface area contributed by atoms with E-state index in [4.69, 9.17) is 5.73 Å². The third-order valence-electron chi connectivity index (χ3n) is 5.70. The summed E-state index contributed by atoms with van der Waals surface area (Å²) in [7, 11) is 0. The van der Waals surface area contributed by atoms with E-state index in [1.165, 1.54) is 6.07 Å². The van der Waals surface area contributed by atoms with Crippen LogP contribution in [-0.4, -0.2) is 47.1 Å². The van der Waals surface area contributed by atoms with E-state index in [9.17, 15) is 14.0 Å². The fourth-order valence-corrected chi connectivity index (χ4v) is 4.10. The number of piperidine rings is 1. The number of aromatic amines is 1. The summed E-state index contributed by atoms with van der Waals surface area (Å²) in [6, 6.07) is 4.57. The minimum absolute atomic E-state index is 0.0294. The standard InChI is InChI=1S/C21H25FN6O2/c1-12-9-24-18(29)8-14(12)17-10-25-20(26-17)21(30)27-16-6-2-5-15(22)19(16)28-7-3-4-13(23)11-28/h2,5-6,9-10,12-14H,3-4,7-8,11,23H2,1H3,(H,25,26)(H,27,30). The van der Waals surface area contributed by atoms with Crippen LogP contribution in [0.3, 0.4) is 0 Å². The molecule has 2 aromatic rings. The zero-order chi connectivity index (χ0) is 21.3. The van der Waals surface area contributed by atoms with E-state index >= 15 is 0 Å². The molecule has 1 fully saturated rings. The summed E-state index contributed by atoms with van der Waals surface area (Å²) < 4.78 is 14.6. The Morgan fingerprint density at radius 3 is 3.03 bits per heavy atom. The smallest absolute Gasteiger partial charge is 0.291 e. The van der Waals surface area contributed by atoms with Crippen LogP contribution >= 0.6 is 0 Å². The summed E-state index contributed by atoms with van der Waals surface area (Å²) in [5.74, 6) is -1.02. The lowest BCUT2D eigenvalue weighted by atomic mass is 9.87. The predicted octanol–water partition coefficient (Wildman–Crippen LogP) is 2.45. The number of aliphatic imine (C=N–C) groups is 1. The second-order valence-electron chi connectivity index (χ2n) is 7.97. The van der Waals surface area contributed by atoms with Crippen molar-refractivity contribution >= 4 is 29.4 Å². The van der Waals surface area contributed by atoms with Gasteiger partial charge in [-0.15, -0.1) is 0 Å². The molecule has 1 saturated heterocycles. The number of imidazole rings is 1. The lowest BCUT2D eigenvalue weighted by molar-refractivity contribution is -0.118. The molecule has 30 heavy (non-hydrogen) atoms. The van der Waals surface area contributed by atoms with Crippen molar-refractivity contribution in [3.8, 4) is 0 Å². The Labute approximate surface area is 173 Å². The van der Waals surface area contributed by atoms with E-state index in [0.29, 0.717) is 30.2 Å². The summed E-state index contributed by atoms with van der Waals surface area (Å²) in [4.78, 5) is 37.3. The number of hydrogen-bond acceptors (Lipinski definition) is 5. The van der Waals surface area contributed by atoms with Crippen LogP contribution < -0.4 is 16.0 Å². The normalized spacial score (nSPS) is 24.2. The molecule has 9 heteroatoms. The van der Waals surface area contributed by atoms with Crippen LogP contribution in [-0.2, 0) is 4.79 Å². The maximum Gasteiger partial charge on any atom is 0.291 e. The molecule has 0 aliphatic carbocycles. The average molecular weight is 412 g/mol. The van der Waals surface area contributed by atoms with Gasteiger partial charge in [0, 0.05) is 55.5 Å². The van der Waals surface area contributed by atoms with Gasteiger partial charge in [0.15, 0.2) is 5.82 Å². The zero-order valence-corrected chi connectivity index (χ0v) is 16.8. The predicted molar refractivity (Wildman–Crippen MR) is 112 cm³/mol. The number of benzene rings is 1. The highest BCUT2D eigenvalue weighted by atomic mass is 19.1. The fraction of sp³-hybridized carbons (Fsp3) is 0.429. The Morgan fingerprint density at radius 2 is 2.23 bits per heavy atom. The molecule has 2 aliphatic heterocycles. The number of amides is 2. The number of hydrogen-bond donors (Lipinski definition) is 3. The van der Waals surface area contributed by atoms with E-state index in [1.54, 1.807) is 24.5 Å². The maximum atomic E-state index is 14.6. The molecular weight excluding hydrogens is 387 g/mol. The van der Waals surface area contributed by atoms with Crippen molar-refractivity contribution in [1.29, 1.82) is 0 Å². The van der Waals surface area contributed by atoms with Crippen LogP contribution in [0.25, 0.3) is 0 Å². The minimum atomic E-state index is -0.474. The largest absolute Gasteiger partial charge is 0.366 e. The molecule has 1 aromatic carbocycles. The molecule has 1 aromatic heterocycles. The van der Waals surface area contributed by atoms with E-state index in [0.717, 1.165) is 12.8 Å². The lowest BCUT2D eigenvalue weighted by Gasteiger charge is -2.34. The second-order valence-corrected chi connectivity index (χ2v) is 7.97. The van der Waals surface area contributed by atoms with Crippen molar-refractivity contribution < 1.29 is 14.0 Å². The first-order valence-corrected chi connectivity index (χ1v) is 10.1. The number of carbonyl (C=O) groups excluding carboxylic acids is 2. The fourth-order valence-electron chi connectivity index (χ4n) is 4.10. The van der Waals surface area contributed by atoms with Gasteiger partial charge in [-0.05, 0) is 25.0 Å². The highest BCUT2D eigenvalue weighted by Crippen LogP contribution is 2.32. The monoisotopic (exact) mass is 412 g/mol. The summed E-state index contributed by atoms with van der Waals surface area (Å²) in [5, 5.41) is 2.77. The second kappa shape index (κ2) is 8.35. The van der Waals surface area contributed by atoms with Crippen molar-refractivity contribution in [3.05, 3.63) is 41.7 Å². The molecule has 2 amide bonds. The van der Waals surface area contributed by atoms with Gasteiger partial charge in [-0.3, -0.25) is 9.59 Å². The van der Waals surface area contributed by atoms with Crippen molar-refractivity contribution in [3.63, 3.8) is 0 Å². The van der Waals surface area contributed by atoms with Crippen molar-refractivity contribution in [2.45, 2.75) is 38.1 Å². The molecule has 4 N–H and O–H groups in total. The highest BCUT2D eigenvalue weighted by molar-refractivity contribution is 6.03. The maximum absolute atomic E-state index is 14.6. The van der Waals surface area contributed by atoms with E-state index < -0.39 is 11.7 Å². The molecule has 3 heterocycles. The number of anilines is 2. The summed E-state index contributed by atoms with van der Waals surface area (Å²) in [5.41, 5.74) is 7.47. The molecule has 0 saturated carbocycles. The number of rotatable bonds is 4. The molecule has 0 spiro atoms. The van der Waals surface area contributed by atoms with E-state index in [-0.39, 0.29) is 36.0 Å². The number of aromatic nitrogens is 2. The zero-order valence-electron chi connectivity index (χ0n) is 16.8. The van der Waals surface area contributed by atoms with Crippen molar-refractivity contribution in [2.24, 2.45) is 16.6 Å². The average Bonchev–Trinajstić information content (AvgIpc) is 3.20. The molecule has 4 rings (SSSR count). The first-order valence-electron chi connectivity index (χ1n) is 10.1. The Morgan fingerprint density at radius 1 is 1.40 bits per heavy atom. The molecule has 158 valence electrons. The van der Waals surface area contributed by atoms with E-state index in [1.807, 2.05) is 11.8 Å². The van der Waals surface area contributed by atoms with Crippen LogP contribution in [0, 0.1) is 11.7 Å². The van der Waals surface area contributed by atoms with Gasteiger partial charge in [-0.2, -0.15) is 0 Å². The Balaban J connectivity index is 1.54. The SMILES string of the molecule is CC1C=NC(=O)CC1c1cnc(C(=O)Nc2cccc(F)c2N2CCCC(N)C2)[nH]1. The number of H-pyrrole nitrogens is 1. The van der Waals surface area contributed by atoms with Crippen LogP contribution in [0.1, 0.15) is 48.4 Å². The topological polar surface area (TPSA) is 116 Å². The molecule has 0 radical (unpaired) electrons. The van der Waals surface area contributed by atoms with Gasteiger partial charge >= 0.3 is 0 Å². The molecule has 2 aliphatic rings. The van der Waals surface area contributed by atoms with Crippen molar-refractivity contribution in [2.75, 3.05) is 23.3 Å². The van der Waals surface area contributed by atoms with Gasteiger partial charge in [0.05, 0.1) is 11.4 Å². The van der Waals surface area contributed by atoms with Crippen LogP contribution in [0.2, 0.25) is 0 Å². The number of halogens is 1. The molecule has 0 bridgehead atoms. The van der Waals surface area contributed by atoms with Gasteiger partial charge in [0.2, 0.25) is 5.91 Å². The van der Waals surface area contributed by atoms with Crippen LogP contribution in [0.4, 0.5) is 15.8 Å². The van der Waals surface area contributed by atoms with Gasteiger partial charge < -0.3 is 20.9 Å². The lowest BCUT2D eigenvalue weighted by Crippen LogP contribution is -2.43. The highest BCUT2D eigenvalue weighted by Gasteiger charge is 2.28. The molecule has 8 nitrogen and oxygen atoms in total. The quantitative estimate of drug-likeness (QED) is 0.713. The van der Waals surface area contributed by atoms with Gasteiger partial charge in [-0.25, -0.2) is 14.4 Å². The van der Waals surface area contributed by atoms with Gasteiger partial charge in [-0.1, -0.05) is 13.0 Å². The minimum Gasteiger partial charge on any atom is -0.366 e. The third kappa shape index (κ3) is 4.11. The number of nitrogens with one attached hydrogen (secondary N) is 2. The number of nitrogens with zero attached hydrogens (tertiary/aromatic N) is 3. The number of nitrogens with two attached hydrogens (primary N) is 1. The van der Waals surface area contributed by atoms with Crippen LogP contribution in [0.5, 0.6) is 0 Å². The Kier molecular flexibility index (Phi) is 5.63. The van der Waals surface area contributed by atoms with Gasteiger partial charge in [0.25, 0.3) is 5.91 Å². The van der Waals surface area contributed by atoms with Crippen LogP contribution in [0.15, 0.2) is 29.4 Å². The Hall–Kier alpha value is -3.07. The summed E-state index contributed by atoms with van der Waals surface area (Å²) in [6.07, 6.45) is 5.23. The number of para-hydroxylation sites is 1. The third-order valence-corrected chi connectivity index (χ3v) is 5.70. The Bertz CT molecular complexity index is 988. The molecular formula is C21H25FN6O2. The first-order chi connectivity index (χ1) is 14.4. The summed E-state index contributed by atoms with van der Waals surface area (Å²) >= 11 is 0. The summed E-state index contributed by atoms with van der Waals surface area (Å²) in [6.45, 7) is 3.17.